The summed E-state index contributed by atoms with van der Waals surface area (Å²) in [5.74, 6) is -0.521. The van der Waals surface area contributed by atoms with Gasteiger partial charge in [0, 0.05) is 14.2 Å². The SMILES string of the molecule is COCC1OC(C)(C)OC1COC. The molecule has 0 N–H and O–H groups in total. The molecule has 2 atom stereocenters. The predicted octanol–water partition coefficient (Wildman–Crippen LogP) is 0.799. The Labute approximate surface area is 79.1 Å². The summed E-state index contributed by atoms with van der Waals surface area (Å²) in [6, 6.07) is 0. The molecule has 4 heteroatoms. The van der Waals surface area contributed by atoms with Crippen LogP contribution in [0, 0.1) is 0 Å². The van der Waals surface area contributed by atoms with Gasteiger partial charge in [-0.05, 0) is 13.8 Å². The van der Waals surface area contributed by atoms with E-state index in [4.69, 9.17) is 18.9 Å². The van der Waals surface area contributed by atoms with Crippen LogP contribution in [0.3, 0.4) is 0 Å². The Morgan fingerprint density at radius 3 is 1.69 bits per heavy atom. The number of hydrogen-bond donors (Lipinski definition) is 0. The van der Waals surface area contributed by atoms with Crippen molar-refractivity contribution in [2.75, 3.05) is 27.4 Å². The Morgan fingerprint density at radius 1 is 1.00 bits per heavy atom. The average Bonchev–Trinajstić information content (AvgIpc) is 2.28. The Hall–Kier alpha value is -0.160. The maximum atomic E-state index is 5.63. The standard InChI is InChI=1S/C9H18O4/c1-9(2)12-7(5-10-3)8(13-9)6-11-4/h7-8H,5-6H2,1-4H3. The highest BCUT2D eigenvalue weighted by atomic mass is 16.8. The molecule has 0 aromatic rings. The van der Waals surface area contributed by atoms with Gasteiger partial charge in [-0.25, -0.2) is 0 Å². The first-order chi connectivity index (χ1) is 6.09. The molecule has 0 radical (unpaired) electrons. The van der Waals surface area contributed by atoms with Gasteiger partial charge in [0.1, 0.15) is 12.2 Å². The molecule has 0 aromatic heterocycles. The lowest BCUT2D eigenvalue weighted by Crippen LogP contribution is -2.30. The first-order valence-corrected chi connectivity index (χ1v) is 4.42. The highest BCUT2D eigenvalue weighted by molar-refractivity contribution is 4.80. The van der Waals surface area contributed by atoms with Gasteiger partial charge in [0.15, 0.2) is 5.79 Å². The fourth-order valence-corrected chi connectivity index (χ4v) is 1.52. The Morgan fingerprint density at radius 2 is 1.38 bits per heavy atom. The molecule has 1 aliphatic rings. The van der Waals surface area contributed by atoms with Gasteiger partial charge in [-0.3, -0.25) is 0 Å². The fraction of sp³-hybridized carbons (Fsp3) is 1.00. The monoisotopic (exact) mass is 190 g/mol. The minimum absolute atomic E-state index is 0.0278. The third-order valence-electron chi connectivity index (χ3n) is 1.95. The van der Waals surface area contributed by atoms with E-state index in [1.165, 1.54) is 0 Å². The summed E-state index contributed by atoms with van der Waals surface area (Å²) >= 11 is 0. The highest BCUT2D eigenvalue weighted by Crippen LogP contribution is 2.28. The molecule has 2 unspecified atom stereocenters. The van der Waals surface area contributed by atoms with Crippen molar-refractivity contribution in [3.8, 4) is 0 Å². The molecule has 0 saturated carbocycles. The number of rotatable bonds is 4. The second-order valence-electron chi connectivity index (χ2n) is 3.62. The molecule has 1 fully saturated rings. The number of ether oxygens (including phenoxy) is 4. The lowest BCUT2D eigenvalue weighted by Gasteiger charge is -2.16. The van der Waals surface area contributed by atoms with Crippen molar-refractivity contribution >= 4 is 0 Å². The molecule has 1 aliphatic heterocycles. The van der Waals surface area contributed by atoms with E-state index in [-0.39, 0.29) is 12.2 Å². The Kier molecular flexibility index (Phi) is 3.67. The van der Waals surface area contributed by atoms with E-state index in [0.717, 1.165) is 0 Å². The van der Waals surface area contributed by atoms with Crippen molar-refractivity contribution in [1.82, 2.24) is 0 Å². The number of methoxy groups -OCH3 is 2. The molecule has 0 spiro atoms. The second-order valence-corrected chi connectivity index (χ2v) is 3.62. The summed E-state index contributed by atoms with van der Waals surface area (Å²) in [5, 5.41) is 0. The van der Waals surface area contributed by atoms with Crippen molar-refractivity contribution in [1.29, 1.82) is 0 Å². The molecule has 0 aromatic carbocycles. The van der Waals surface area contributed by atoms with Crippen LogP contribution in [0.15, 0.2) is 0 Å². The van der Waals surface area contributed by atoms with Crippen LogP contribution in [0.1, 0.15) is 13.8 Å². The molecule has 78 valence electrons. The van der Waals surface area contributed by atoms with Gasteiger partial charge in [-0.2, -0.15) is 0 Å². The minimum Gasteiger partial charge on any atom is -0.382 e. The third kappa shape index (κ3) is 2.91. The van der Waals surface area contributed by atoms with Crippen molar-refractivity contribution < 1.29 is 18.9 Å². The van der Waals surface area contributed by atoms with Gasteiger partial charge >= 0.3 is 0 Å². The van der Waals surface area contributed by atoms with Gasteiger partial charge in [0.25, 0.3) is 0 Å². The topological polar surface area (TPSA) is 36.9 Å². The fourth-order valence-electron chi connectivity index (χ4n) is 1.52. The summed E-state index contributed by atoms with van der Waals surface area (Å²) in [7, 11) is 3.30. The maximum Gasteiger partial charge on any atom is 0.163 e. The summed E-state index contributed by atoms with van der Waals surface area (Å²) in [6.45, 7) is 4.87. The Balaban J connectivity index is 2.49. The zero-order chi connectivity index (χ0) is 9.90. The largest absolute Gasteiger partial charge is 0.382 e. The molecule has 1 rings (SSSR count). The molecule has 13 heavy (non-hydrogen) atoms. The van der Waals surface area contributed by atoms with Crippen LogP contribution >= 0.6 is 0 Å². The van der Waals surface area contributed by atoms with Crippen molar-refractivity contribution in [2.24, 2.45) is 0 Å². The van der Waals surface area contributed by atoms with Gasteiger partial charge < -0.3 is 18.9 Å². The van der Waals surface area contributed by atoms with Crippen LogP contribution in [-0.2, 0) is 18.9 Å². The molecule has 1 saturated heterocycles. The van der Waals surface area contributed by atoms with Crippen molar-refractivity contribution in [3.63, 3.8) is 0 Å². The smallest absolute Gasteiger partial charge is 0.163 e. The third-order valence-corrected chi connectivity index (χ3v) is 1.95. The van der Waals surface area contributed by atoms with Gasteiger partial charge in [-0.1, -0.05) is 0 Å². The van der Waals surface area contributed by atoms with E-state index in [9.17, 15) is 0 Å². The van der Waals surface area contributed by atoms with Crippen molar-refractivity contribution in [2.45, 2.75) is 31.8 Å². The molecule has 0 aliphatic carbocycles. The molecule has 4 nitrogen and oxygen atoms in total. The van der Waals surface area contributed by atoms with Crippen LogP contribution in [0.2, 0.25) is 0 Å². The van der Waals surface area contributed by atoms with E-state index in [0.29, 0.717) is 13.2 Å². The lowest BCUT2D eigenvalue weighted by atomic mass is 10.2. The first-order valence-electron chi connectivity index (χ1n) is 4.42. The van der Waals surface area contributed by atoms with Gasteiger partial charge in [0.2, 0.25) is 0 Å². The van der Waals surface area contributed by atoms with E-state index >= 15 is 0 Å². The van der Waals surface area contributed by atoms with Crippen molar-refractivity contribution in [3.05, 3.63) is 0 Å². The number of hydrogen-bond acceptors (Lipinski definition) is 4. The molecular weight excluding hydrogens is 172 g/mol. The predicted molar refractivity (Wildman–Crippen MR) is 47.6 cm³/mol. The molecule has 1 heterocycles. The lowest BCUT2D eigenvalue weighted by molar-refractivity contribution is -0.152. The zero-order valence-corrected chi connectivity index (χ0v) is 8.70. The summed E-state index contributed by atoms with van der Waals surface area (Å²) < 4.78 is 21.3. The summed E-state index contributed by atoms with van der Waals surface area (Å²) in [5.41, 5.74) is 0. The first kappa shape index (κ1) is 10.9. The van der Waals surface area contributed by atoms with E-state index < -0.39 is 5.79 Å². The van der Waals surface area contributed by atoms with E-state index in [1.54, 1.807) is 14.2 Å². The summed E-state index contributed by atoms with van der Waals surface area (Å²) in [4.78, 5) is 0. The van der Waals surface area contributed by atoms with Gasteiger partial charge in [0.05, 0.1) is 13.2 Å². The highest BCUT2D eigenvalue weighted by Gasteiger charge is 2.40. The quantitative estimate of drug-likeness (QED) is 0.657. The van der Waals surface area contributed by atoms with Gasteiger partial charge in [-0.15, -0.1) is 0 Å². The molecule has 0 bridgehead atoms. The summed E-state index contributed by atoms with van der Waals surface area (Å²) in [6.07, 6.45) is -0.0556. The zero-order valence-electron chi connectivity index (χ0n) is 8.70. The average molecular weight is 190 g/mol. The minimum atomic E-state index is -0.521. The van der Waals surface area contributed by atoms with Crippen LogP contribution in [0.4, 0.5) is 0 Å². The molecule has 0 amide bonds. The van der Waals surface area contributed by atoms with E-state index in [2.05, 4.69) is 0 Å². The van der Waals surface area contributed by atoms with Crippen LogP contribution < -0.4 is 0 Å². The van der Waals surface area contributed by atoms with Crippen LogP contribution in [0.25, 0.3) is 0 Å². The van der Waals surface area contributed by atoms with E-state index in [1.807, 2.05) is 13.8 Å². The second kappa shape index (κ2) is 4.37. The maximum absolute atomic E-state index is 5.63. The van der Waals surface area contributed by atoms with Crippen LogP contribution in [0.5, 0.6) is 0 Å². The Bertz CT molecular complexity index is 142. The normalized spacial score (nSPS) is 32.3. The van der Waals surface area contributed by atoms with Crippen LogP contribution in [-0.4, -0.2) is 45.4 Å². The molecular formula is C9H18O4.